The lowest BCUT2D eigenvalue weighted by atomic mass is 10.2. The first-order valence-electron chi connectivity index (χ1n) is 8.97. The Morgan fingerprint density at radius 3 is 2.13 bits per heavy atom. The van der Waals surface area contributed by atoms with Crippen LogP contribution in [0.5, 0.6) is 0 Å². The number of fused-ring (bicyclic) bond motifs is 1. The molecule has 12 heteroatoms. The maximum Gasteiger partial charge on any atom is 0.332 e. The van der Waals surface area contributed by atoms with Gasteiger partial charge in [-0.25, -0.2) is 23.5 Å². The molecule has 0 N–H and O–H groups in total. The molecule has 0 spiro atoms. The zero-order valence-corrected chi connectivity index (χ0v) is 17.3. The molecule has 3 aromatic rings. The Kier molecular flexibility index (Phi) is 5.97. The highest BCUT2D eigenvalue weighted by atomic mass is 32.2. The molecule has 0 aliphatic rings. The fourth-order valence-electron chi connectivity index (χ4n) is 2.77. The van der Waals surface area contributed by atoms with Crippen LogP contribution in [0.25, 0.3) is 11.0 Å². The summed E-state index contributed by atoms with van der Waals surface area (Å²) in [5.74, 6) is -7.16. The lowest BCUT2D eigenvalue weighted by molar-refractivity contribution is 0.383. The predicted octanol–water partition coefficient (Wildman–Crippen LogP) is 3.13. The Labute approximate surface area is 171 Å². The van der Waals surface area contributed by atoms with Crippen molar-refractivity contribution in [3.05, 3.63) is 50.2 Å². The molecule has 0 radical (unpaired) electrons. The van der Waals surface area contributed by atoms with Gasteiger partial charge in [0, 0.05) is 19.5 Å². The van der Waals surface area contributed by atoms with Crippen LogP contribution in [0.4, 0.5) is 17.6 Å². The predicted molar refractivity (Wildman–Crippen MR) is 102 cm³/mol. The first-order valence-corrected chi connectivity index (χ1v) is 9.79. The highest BCUT2D eigenvalue weighted by Gasteiger charge is 2.26. The second-order valence-electron chi connectivity index (χ2n) is 6.79. The van der Waals surface area contributed by atoms with Crippen LogP contribution in [0.3, 0.4) is 0 Å². The summed E-state index contributed by atoms with van der Waals surface area (Å²) >= 11 is 0.236. The molecule has 3 rings (SSSR count). The summed E-state index contributed by atoms with van der Waals surface area (Å²) in [5.41, 5.74) is -1.42. The zero-order chi connectivity index (χ0) is 22.3. The Morgan fingerprint density at radius 2 is 1.60 bits per heavy atom. The molecule has 160 valence electrons. The standard InChI is InChI=1S/C18H17F4N5O2S/c1-5-6-27-15-8(17(28)26(4)18(27)29)16(25-14(24-15)7(2)3)30-11-9(19)12(21)23-13(22)10(11)20/h7H,5-6H2,1-4H3. The SMILES string of the molecule is CCCn1c(=O)n(C)c(=O)c2c(Sc3c(F)c(F)nc(F)c3F)nc(C(C)C)nc21. The van der Waals surface area contributed by atoms with E-state index in [0.29, 0.717) is 6.42 Å². The van der Waals surface area contributed by atoms with Crippen molar-refractivity contribution in [2.45, 2.75) is 49.6 Å². The van der Waals surface area contributed by atoms with Crippen LogP contribution in [0, 0.1) is 23.5 Å². The minimum atomic E-state index is -1.82. The Bertz CT molecular complexity index is 1250. The third-order valence-electron chi connectivity index (χ3n) is 4.29. The average molecular weight is 443 g/mol. The number of rotatable bonds is 5. The number of aryl methyl sites for hydroxylation is 1. The van der Waals surface area contributed by atoms with Crippen LogP contribution >= 0.6 is 11.8 Å². The molecule has 0 fully saturated rings. The van der Waals surface area contributed by atoms with E-state index in [9.17, 15) is 27.2 Å². The van der Waals surface area contributed by atoms with Gasteiger partial charge in [0.1, 0.15) is 16.2 Å². The summed E-state index contributed by atoms with van der Waals surface area (Å²) in [6.45, 7) is 5.53. The van der Waals surface area contributed by atoms with Crippen LogP contribution in [-0.4, -0.2) is 24.1 Å². The minimum Gasteiger partial charge on any atom is -0.277 e. The van der Waals surface area contributed by atoms with Gasteiger partial charge in [-0.2, -0.15) is 13.8 Å². The van der Waals surface area contributed by atoms with Crippen molar-refractivity contribution in [3.63, 3.8) is 0 Å². The molecular weight excluding hydrogens is 426 g/mol. The van der Waals surface area contributed by atoms with Crippen molar-refractivity contribution in [2.75, 3.05) is 0 Å². The maximum absolute atomic E-state index is 14.2. The van der Waals surface area contributed by atoms with Crippen LogP contribution in [0.2, 0.25) is 0 Å². The van der Waals surface area contributed by atoms with Crippen molar-refractivity contribution in [1.82, 2.24) is 24.1 Å². The van der Waals surface area contributed by atoms with E-state index >= 15 is 0 Å². The first kappa shape index (κ1) is 21.9. The molecule has 3 aromatic heterocycles. The van der Waals surface area contributed by atoms with Crippen molar-refractivity contribution in [2.24, 2.45) is 7.05 Å². The molecule has 0 saturated heterocycles. The van der Waals surface area contributed by atoms with Gasteiger partial charge in [0.15, 0.2) is 17.3 Å². The first-order chi connectivity index (χ1) is 14.1. The molecule has 0 atom stereocenters. The van der Waals surface area contributed by atoms with E-state index in [-0.39, 0.29) is 46.1 Å². The number of hydrogen-bond donors (Lipinski definition) is 0. The van der Waals surface area contributed by atoms with E-state index in [0.717, 1.165) is 4.57 Å². The Balaban J connectivity index is 2.43. The van der Waals surface area contributed by atoms with Gasteiger partial charge in [-0.1, -0.05) is 32.5 Å². The Hall–Kier alpha value is -2.76. The fourth-order valence-corrected chi connectivity index (χ4v) is 3.73. The van der Waals surface area contributed by atoms with E-state index in [4.69, 9.17) is 0 Å². The van der Waals surface area contributed by atoms with Crippen LogP contribution in [0.1, 0.15) is 38.9 Å². The number of nitrogens with zero attached hydrogens (tertiary/aromatic N) is 5. The van der Waals surface area contributed by atoms with Gasteiger partial charge in [0.25, 0.3) is 17.5 Å². The van der Waals surface area contributed by atoms with Gasteiger partial charge in [0.2, 0.25) is 0 Å². The topological polar surface area (TPSA) is 82.7 Å². The van der Waals surface area contributed by atoms with Gasteiger partial charge in [-0.15, -0.1) is 0 Å². The molecule has 0 amide bonds. The van der Waals surface area contributed by atoms with Crippen LogP contribution < -0.4 is 11.2 Å². The summed E-state index contributed by atoms with van der Waals surface area (Å²) in [6, 6.07) is 0. The second kappa shape index (κ2) is 8.17. The lowest BCUT2D eigenvalue weighted by Gasteiger charge is -2.15. The minimum absolute atomic E-state index is 0.0121. The molecular formula is C18H17F4N5O2S. The maximum atomic E-state index is 14.2. The smallest absolute Gasteiger partial charge is 0.277 e. The van der Waals surface area contributed by atoms with Crippen LogP contribution in [-0.2, 0) is 13.6 Å². The Morgan fingerprint density at radius 1 is 1.00 bits per heavy atom. The van der Waals surface area contributed by atoms with Gasteiger partial charge in [-0.05, 0) is 6.42 Å². The number of aromatic nitrogens is 5. The number of pyridine rings is 1. The molecule has 30 heavy (non-hydrogen) atoms. The molecule has 0 unspecified atom stereocenters. The largest absolute Gasteiger partial charge is 0.332 e. The van der Waals surface area contributed by atoms with E-state index in [2.05, 4.69) is 15.0 Å². The normalized spacial score (nSPS) is 11.6. The lowest BCUT2D eigenvalue weighted by Crippen LogP contribution is -2.39. The third kappa shape index (κ3) is 3.59. The quantitative estimate of drug-likeness (QED) is 0.342. The molecule has 0 aromatic carbocycles. The van der Waals surface area contributed by atoms with Gasteiger partial charge >= 0.3 is 5.69 Å². The molecule has 0 saturated carbocycles. The van der Waals surface area contributed by atoms with Gasteiger partial charge < -0.3 is 0 Å². The van der Waals surface area contributed by atoms with Crippen LogP contribution in [0.15, 0.2) is 19.5 Å². The van der Waals surface area contributed by atoms with E-state index < -0.39 is 39.7 Å². The molecule has 0 bridgehead atoms. The zero-order valence-electron chi connectivity index (χ0n) is 16.5. The van der Waals surface area contributed by atoms with E-state index in [1.165, 1.54) is 11.6 Å². The molecule has 0 aliphatic heterocycles. The summed E-state index contributed by atoms with van der Waals surface area (Å²) in [5, 5.41) is -0.409. The number of halogens is 4. The average Bonchev–Trinajstić information content (AvgIpc) is 2.70. The molecule has 0 aliphatic carbocycles. The fraction of sp³-hybridized carbons (Fsp3) is 0.389. The van der Waals surface area contributed by atoms with E-state index in [1.807, 2.05) is 6.92 Å². The summed E-state index contributed by atoms with van der Waals surface area (Å²) < 4.78 is 57.6. The summed E-state index contributed by atoms with van der Waals surface area (Å²) in [7, 11) is 1.24. The second-order valence-corrected chi connectivity index (χ2v) is 7.79. The van der Waals surface area contributed by atoms with Crippen molar-refractivity contribution < 1.29 is 17.6 Å². The van der Waals surface area contributed by atoms with Crippen molar-refractivity contribution >= 4 is 22.8 Å². The summed E-state index contributed by atoms with van der Waals surface area (Å²) in [6.07, 6.45) is 0.542. The highest BCUT2D eigenvalue weighted by molar-refractivity contribution is 7.99. The summed E-state index contributed by atoms with van der Waals surface area (Å²) in [4.78, 5) is 35.4. The monoisotopic (exact) mass is 443 g/mol. The number of hydrogen-bond acceptors (Lipinski definition) is 6. The van der Waals surface area contributed by atoms with Crippen molar-refractivity contribution in [3.8, 4) is 0 Å². The molecule has 3 heterocycles. The molecule has 7 nitrogen and oxygen atoms in total. The van der Waals surface area contributed by atoms with E-state index in [1.54, 1.807) is 13.8 Å². The van der Waals surface area contributed by atoms with Gasteiger partial charge in [0.05, 0.1) is 4.90 Å². The van der Waals surface area contributed by atoms with Crippen molar-refractivity contribution in [1.29, 1.82) is 0 Å². The third-order valence-corrected chi connectivity index (χ3v) is 5.34. The highest BCUT2D eigenvalue weighted by Crippen LogP contribution is 2.35. The van der Waals surface area contributed by atoms with Gasteiger partial charge in [-0.3, -0.25) is 13.9 Å².